The molecule has 3 aromatic rings. The van der Waals surface area contributed by atoms with Crippen molar-refractivity contribution in [2.24, 2.45) is 5.14 Å². The predicted molar refractivity (Wildman–Crippen MR) is 95.2 cm³/mol. The van der Waals surface area contributed by atoms with E-state index in [2.05, 4.69) is 5.10 Å². The molecule has 0 saturated carbocycles. The lowest BCUT2D eigenvalue weighted by Gasteiger charge is -2.08. The van der Waals surface area contributed by atoms with Crippen molar-refractivity contribution in [1.29, 1.82) is 0 Å². The smallest absolute Gasteiger partial charge is 0.338 e. The van der Waals surface area contributed by atoms with E-state index in [0.717, 1.165) is 11.3 Å². The maximum atomic E-state index is 12.2. The van der Waals surface area contributed by atoms with E-state index < -0.39 is 16.0 Å². The minimum Gasteiger partial charge on any atom is -0.457 e. The van der Waals surface area contributed by atoms with Gasteiger partial charge in [-0.1, -0.05) is 18.2 Å². The average Bonchev–Trinajstić information content (AvgIpc) is 3.14. The van der Waals surface area contributed by atoms with E-state index >= 15 is 0 Å². The molecular formula is C18H17N3O4S. The maximum Gasteiger partial charge on any atom is 0.338 e. The summed E-state index contributed by atoms with van der Waals surface area (Å²) in [5, 5.41) is 9.30. The van der Waals surface area contributed by atoms with E-state index in [1.807, 2.05) is 36.5 Å². The first-order valence-electron chi connectivity index (χ1n) is 7.74. The highest BCUT2D eigenvalue weighted by atomic mass is 32.2. The fourth-order valence-corrected chi connectivity index (χ4v) is 3.24. The molecule has 0 aliphatic carbocycles. The molecule has 0 fully saturated rings. The van der Waals surface area contributed by atoms with Crippen LogP contribution in [0.4, 0.5) is 0 Å². The van der Waals surface area contributed by atoms with Crippen LogP contribution >= 0.6 is 0 Å². The molecular weight excluding hydrogens is 354 g/mol. The number of esters is 1. The van der Waals surface area contributed by atoms with Crippen LogP contribution in [0.5, 0.6) is 0 Å². The number of carbonyl (C=O) groups is 1. The van der Waals surface area contributed by atoms with Crippen molar-refractivity contribution in [2.75, 3.05) is 0 Å². The number of nitrogens with two attached hydrogens (primary N) is 1. The topological polar surface area (TPSA) is 104 Å². The molecule has 2 N–H and O–H groups in total. The number of ether oxygens (including phenoxy) is 1. The van der Waals surface area contributed by atoms with Crippen LogP contribution < -0.4 is 5.14 Å². The molecule has 26 heavy (non-hydrogen) atoms. The number of hydrogen-bond donors (Lipinski definition) is 1. The second-order valence-electron chi connectivity index (χ2n) is 5.72. The molecule has 0 amide bonds. The van der Waals surface area contributed by atoms with Gasteiger partial charge in [-0.05, 0) is 48.4 Å². The Morgan fingerprint density at radius 1 is 1.19 bits per heavy atom. The summed E-state index contributed by atoms with van der Waals surface area (Å²) in [6.45, 7) is 1.67. The van der Waals surface area contributed by atoms with Crippen molar-refractivity contribution in [2.45, 2.75) is 18.4 Å². The molecule has 0 radical (unpaired) electrons. The van der Waals surface area contributed by atoms with Gasteiger partial charge in [0.2, 0.25) is 10.0 Å². The summed E-state index contributed by atoms with van der Waals surface area (Å²) in [7, 11) is -3.90. The molecule has 0 aliphatic rings. The van der Waals surface area contributed by atoms with Crippen LogP contribution in [0.15, 0.2) is 65.8 Å². The zero-order valence-electron chi connectivity index (χ0n) is 14.0. The Hall–Kier alpha value is -2.97. The van der Waals surface area contributed by atoms with Crippen molar-refractivity contribution >= 4 is 16.0 Å². The third-order valence-electron chi connectivity index (χ3n) is 3.81. The van der Waals surface area contributed by atoms with Gasteiger partial charge < -0.3 is 4.74 Å². The average molecular weight is 371 g/mol. The highest BCUT2D eigenvalue weighted by Crippen LogP contribution is 2.17. The summed E-state index contributed by atoms with van der Waals surface area (Å²) in [4.78, 5) is 12.1. The summed E-state index contributed by atoms with van der Waals surface area (Å²) in [5.74, 6) is -0.619. The molecule has 0 unspecified atom stereocenters. The van der Waals surface area contributed by atoms with E-state index in [-0.39, 0.29) is 17.1 Å². The van der Waals surface area contributed by atoms with Crippen molar-refractivity contribution in [1.82, 2.24) is 9.78 Å². The fourth-order valence-electron chi connectivity index (χ4n) is 2.43. The van der Waals surface area contributed by atoms with Gasteiger partial charge in [0.05, 0.1) is 16.1 Å². The van der Waals surface area contributed by atoms with Gasteiger partial charge >= 0.3 is 5.97 Å². The van der Waals surface area contributed by atoms with E-state index in [1.54, 1.807) is 17.8 Å². The Balaban J connectivity index is 1.69. The highest BCUT2D eigenvalue weighted by Gasteiger charge is 2.16. The largest absolute Gasteiger partial charge is 0.457 e. The van der Waals surface area contributed by atoms with Gasteiger partial charge in [0.25, 0.3) is 0 Å². The minimum absolute atomic E-state index is 0.0663. The molecule has 0 spiro atoms. The summed E-state index contributed by atoms with van der Waals surface area (Å²) < 4.78 is 30.1. The lowest BCUT2D eigenvalue weighted by molar-refractivity contribution is 0.0472. The van der Waals surface area contributed by atoms with Crippen LogP contribution in [0.3, 0.4) is 0 Å². The normalized spacial score (nSPS) is 11.3. The lowest BCUT2D eigenvalue weighted by atomic mass is 10.1. The molecule has 1 aromatic heterocycles. The number of sulfonamides is 1. The van der Waals surface area contributed by atoms with Crippen LogP contribution in [0, 0.1) is 6.92 Å². The number of primary sulfonamides is 1. The molecule has 134 valence electrons. The molecule has 1 heterocycles. The number of carbonyl (C=O) groups excluding carboxylic acids is 1. The van der Waals surface area contributed by atoms with Crippen LogP contribution in [0.1, 0.15) is 21.5 Å². The zero-order valence-corrected chi connectivity index (χ0v) is 14.8. The second-order valence-corrected chi connectivity index (χ2v) is 7.25. The first-order chi connectivity index (χ1) is 12.3. The summed E-state index contributed by atoms with van der Waals surface area (Å²) >= 11 is 0. The van der Waals surface area contributed by atoms with Crippen LogP contribution in [0.25, 0.3) is 5.69 Å². The Bertz CT molecular complexity index is 1030. The van der Waals surface area contributed by atoms with Gasteiger partial charge in [-0.2, -0.15) is 5.10 Å². The molecule has 0 saturated heterocycles. The van der Waals surface area contributed by atoms with Crippen LogP contribution in [-0.2, 0) is 21.4 Å². The Morgan fingerprint density at radius 2 is 1.92 bits per heavy atom. The van der Waals surface area contributed by atoms with E-state index in [0.29, 0.717) is 5.56 Å². The Labute approximate surface area is 151 Å². The first kappa shape index (κ1) is 17.8. The van der Waals surface area contributed by atoms with Crippen molar-refractivity contribution in [3.8, 4) is 5.69 Å². The summed E-state index contributed by atoms with van der Waals surface area (Å²) in [5.41, 5.74) is 2.29. The standard InChI is InChI=1S/C18H17N3O4S/c1-13-3-6-15(11-17(13)26(19,23)24)18(22)25-12-14-4-7-16(8-5-14)21-10-2-9-20-21/h2-11H,12H2,1H3,(H2,19,23,24). The molecule has 0 bridgehead atoms. The van der Waals surface area contributed by atoms with Gasteiger partial charge in [0.1, 0.15) is 6.61 Å². The van der Waals surface area contributed by atoms with Gasteiger partial charge in [-0.25, -0.2) is 23.0 Å². The van der Waals surface area contributed by atoms with Gasteiger partial charge in [0, 0.05) is 12.4 Å². The molecule has 3 rings (SSSR count). The lowest BCUT2D eigenvalue weighted by Crippen LogP contribution is -2.15. The SMILES string of the molecule is Cc1ccc(C(=O)OCc2ccc(-n3cccn3)cc2)cc1S(N)(=O)=O. The summed E-state index contributed by atoms with van der Waals surface area (Å²) in [6.07, 6.45) is 3.52. The van der Waals surface area contributed by atoms with Gasteiger partial charge in [-0.3, -0.25) is 0 Å². The number of aromatic nitrogens is 2. The number of benzene rings is 2. The second kappa shape index (κ2) is 7.11. The minimum atomic E-state index is -3.90. The number of aryl methyl sites for hydroxylation is 1. The van der Waals surface area contributed by atoms with Gasteiger partial charge in [-0.15, -0.1) is 0 Å². The fraction of sp³-hybridized carbons (Fsp3) is 0.111. The number of rotatable bonds is 5. The number of hydrogen-bond acceptors (Lipinski definition) is 5. The van der Waals surface area contributed by atoms with Crippen molar-refractivity contribution in [3.05, 3.63) is 77.6 Å². The Morgan fingerprint density at radius 3 is 2.54 bits per heavy atom. The third-order valence-corrected chi connectivity index (χ3v) is 4.86. The molecule has 0 atom stereocenters. The van der Waals surface area contributed by atoms with Crippen molar-refractivity contribution in [3.63, 3.8) is 0 Å². The molecule has 0 aliphatic heterocycles. The monoisotopic (exact) mass is 371 g/mol. The van der Waals surface area contributed by atoms with E-state index in [4.69, 9.17) is 9.88 Å². The molecule has 7 nitrogen and oxygen atoms in total. The Kier molecular flexibility index (Phi) is 4.88. The third kappa shape index (κ3) is 3.98. The quantitative estimate of drug-likeness (QED) is 0.692. The first-order valence-corrected chi connectivity index (χ1v) is 9.29. The highest BCUT2D eigenvalue weighted by molar-refractivity contribution is 7.89. The van der Waals surface area contributed by atoms with E-state index in [1.165, 1.54) is 18.2 Å². The van der Waals surface area contributed by atoms with E-state index in [9.17, 15) is 13.2 Å². The van der Waals surface area contributed by atoms with Gasteiger partial charge in [0.15, 0.2) is 0 Å². The summed E-state index contributed by atoms with van der Waals surface area (Å²) in [6, 6.07) is 13.5. The van der Waals surface area contributed by atoms with Crippen LogP contribution in [-0.4, -0.2) is 24.2 Å². The molecule has 8 heteroatoms. The molecule has 2 aromatic carbocycles. The number of nitrogens with zero attached hydrogens (tertiary/aromatic N) is 2. The zero-order chi connectivity index (χ0) is 18.7. The van der Waals surface area contributed by atoms with Crippen molar-refractivity contribution < 1.29 is 17.9 Å². The van der Waals surface area contributed by atoms with Crippen LogP contribution in [0.2, 0.25) is 0 Å². The predicted octanol–water partition coefficient (Wildman–Crippen LogP) is 2.19. The maximum absolute atomic E-state index is 12.2.